The standard InChI is InChI=1S/C13H17N5O3/c1-4-14-13-16-15-12(17(13)5-2)9-6-7-11(21-3)10(8-9)18(19)20/h6-8H,4-5H2,1-3H3,(H,14,16). The fourth-order valence-electron chi connectivity index (χ4n) is 2.08. The van der Waals surface area contributed by atoms with Gasteiger partial charge in [-0.2, -0.15) is 0 Å². The van der Waals surface area contributed by atoms with E-state index in [0.717, 1.165) is 6.54 Å². The van der Waals surface area contributed by atoms with Crippen LogP contribution in [-0.2, 0) is 6.54 Å². The summed E-state index contributed by atoms with van der Waals surface area (Å²) in [7, 11) is 1.40. The zero-order valence-corrected chi connectivity index (χ0v) is 12.2. The SMILES string of the molecule is CCNc1nnc(-c2ccc(OC)c([N+](=O)[O-])c2)n1CC. The number of benzene rings is 1. The summed E-state index contributed by atoms with van der Waals surface area (Å²) in [4.78, 5) is 10.6. The highest BCUT2D eigenvalue weighted by molar-refractivity contribution is 5.65. The second-order valence-electron chi connectivity index (χ2n) is 4.27. The van der Waals surface area contributed by atoms with Gasteiger partial charge in [-0.05, 0) is 26.0 Å². The number of methoxy groups -OCH3 is 1. The molecule has 1 N–H and O–H groups in total. The molecule has 112 valence electrons. The van der Waals surface area contributed by atoms with Gasteiger partial charge in [-0.3, -0.25) is 14.7 Å². The average Bonchev–Trinajstić information content (AvgIpc) is 2.89. The van der Waals surface area contributed by atoms with E-state index >= 15 is 0 Å². The summed E-state index contributed by atoms with van der Waals surface area (Å²) < 4.78 is 6.87. The fraction of sp³-hybridized carbons (Fsp3) is 0.385. The summed E-state index contributed by atoms with van der Waals surface area (Å²) in [6.45, 7) is 5.31. The lowest BCUT2D eigenvalue weighted by Crippen LogP contribution is -2.07. The highest BCUT2D eigenvalue weighted by Gasteiger charge is 2.19. The van der Waals surface area contributed by atoms with Crippen molar-refractivity contribution in [2.75, 3.05) is 19.0 Å². The van der Waals surface area contributed by atoms with Crippen LogP contribution in [0.15, 0.2) is 18.2 Å². The molecule has 2 aromatic rings. The Bertz CT molecular complexity index is 653. The van der Waals surface area contributed by atoms with Crippen LogP contribution in [-0.4, -0.2) is 33.3 Å². The molecular formula is C13H17N5O3. The molecule has 0 aliphatic heterocycles. The summed E-state index contributed by atoms with van der Waals surface area (Å²) in [5.41, 5.74) is 0.534. The van der Waals surface area contributed by atoms with Gasteiger partial charge in [-0.1, -0.05) is 0 Å². The summed E-state index contributed by atoms with van der Waals surface area (Å²) >= 11 is 0. The van der Waals surface area contributed by atoms with E-state index in [1.54, 1.807) is 12.1 Å². The molecule has 0 fully saturated rings. The van der Waals surface area contributed by atoms with Gasteiger partial charge in [0, 0.05) is 24.7 Å². The maximum absolute atomic E-state index is 11.1. The van der Waals surface area contributed by atoms with Gasteiger partial charge in [0.15, 0.2) is 11.6 Å². The predicted octanol–water partition coefficient (Wildman–Crippen LogP) is 2.31. The largest absolute Gasteiger partial charge is 0.490 e. The first-order valence-electron chi connectivity index (χ1n) is 6.62. The second kappa shape index (κ2) is 6.21. The van der Waals surface area contributed by atoms with Crippen LogP contribution in [0.1, 0.15) is 13.8 Å². The minimum atomic E-state index is -0.472. The topological polar surface area (TPSA) is 95.1 Å². The van der Waals surface area contributed by atoms with E-state index < -0.39 is 4.92 Å². The Morgan fingerprint density at radius 2 is 2.14 bits per heavy atom. The van der Waals surface area contributed by atoms with Crippen molar-refractivity contribution in [1.82, 2.24) is 14.8 Å². The quantitative estimate of drug-likeness (QED) is 0.648. The number of anilines is 1. The van der Waals surface area contributed by atoms with E-state index in [1.165, 1.54) is 13.2 Å². The molecular weight excluding hydrogens is 274 g/mol. The molecule has 0 atom stereocenters. The van der Waals surface area contributed by atoms with Gasteiger partial charge in [-0.15, -0.1) is 10.2 Å². The molecule has 1 aromatic heterocycles. The summed E-state index contributed by atoms with van der Waals surface area (Å²) in [5, 5.41) is 22.4. The minimum absolute atomic E-state index is 0.0920. The molecule has 0 spiro atoms. The van der Waals surface area contributed by atoms with Gasteiger partial charge in [-0.25, -0.2) is 0 Å². The van der Waals surface area contributed by atoms with Gasteiger partial charge in [0.2, 0.25) is 5.95 Å². The molecule has 0 bridgehead atoms. The van der Waals surface area contributed by atoms with Crippen LogP contribution >= 0.6 is 0 Å². The highest BCUT2D eigenvalue weighted by atomic mass is 16.6. The van der Waals surface area contributed by atoms with Crippen LogP contribution in [0, 0.1) is 10.1 Å². The Morgan fingerprint density at radius 1 is 1.38 bits per heavy atom. The van der Waals surface area contributed by atoms with E-state index in [4.69, 9.17) is 4.74 Å². The van der Waals surface area contributed by atoms with Crippen molar-refractivity contribution < 1.29 is 9.66 Å². The van der Waals surface area contributed by atoms with Crippen LogP contribution in [0.5, 0.6) is 5.75 Å². The first-order chi connectivity index (χ1) is 10.1. The first-order valence-corrected chi connectivity index (χ1v) is 6.62. The third kappa shape index (κ3) is 2.78. The van der Waals surface area contributed by atoms with Crippen LogP contribution in [0.3, 0.4) is 0 Å². The zero-order valence-electron chi connectivity index (χ0n) is 12.2. The maximum atomic E-state index is 11.1. The van der Waals surface area contributed by atoms with Gasteiger partial charge in [0.1, 0.15) is 0 Å². The molecule has 0 amide bonds. The van der Waals surface area contributed by atoms with Crippen LogP contribution in [0.25, 0.3) is 11.4 Å². The first kappa shape index (κ1) is 14.8. The smallest absolute Gasteiger partial charge is 0.311 e. The molecule has 0 aliphatic rings. The number of nitro benzene ring substituents is 1. The third-order valence-electron chi connectivity index (χ3n) is 3.04. The van der Waals surface area contributed by atoms with Gasteiger partial charge < -0.3 is 10.1 Å². The summed E-state index contributed by atoms with van der Waals surface area (Å²) in [6.07, 6.45) is 0. The van der Waals surface area contributed by atoms with E-state index in [0.29, 0.717) is 23.9 Å². The Balaban J connectivity index is 2.52. The Hall–Kier alpha value is -2.64. The molecule has 1 heterocycles. The molecule has 8 heteroatoms. The number of hydrogen-bond donors (Lipinski definition) is 1. The van der Waals surface area contributed by atoms with Gasteiger partial charge in [0.05, 0.1) is 12.0 Å². The Labute approximate surface area is 121 Å². The molecule has 0 radical (unpaired) electrons. The minimum Gasteiger partial charge on any atom is -0.490 e. The highest BCUT2D eigenvalue weighted by Crippen LogP contribution is 2.32. The van der Waals surface area contributed by atoms with Gasteiger partial charge in [0.25, 0.3) is 0 Å². The Morgan fingerprint density at radius 3 is 2.71 bits per heavy atom. The second-order valence-corrected chi connectivity index (χ2v) is 4.27. The third-order valence-corrected chi connectivity index (χ3v) is 3.04. The Kier molecular flexibility index (Phi) is 4.36. The molecule has 2 rings (SSSR count). The lowest BCUT2D eigenvalue weighted by atomic mass is 10.1. The lowest BCUT2D eigenvalue weighted by molar-refractivity contribution is -0.385. The normalized spacial score (nSPS) is 10.4. The predicted molar refractivity (Wildman–Crippen MR) is 78.5 cm³/mol. The van der Waals surface area contributed by atoms with Crippen molar-refractivity contribution in [3.05, 3.63) is 28.3 Å². The van der Waals surface area contributed by atoms with E-state index in [-0.39, 0.29) is 11.4 Å². The molecule has 0 saturated heterocycles. The maximum Gasteiger partial charge on any atom is 0.311 e. The molecule has 0 saturated carbocycles. The molecule has 1 aromatic carbocycles. The van der Waals surface area contributed by atoms with E-state index in [1.807, 2.05) is 18.4 Å². The zero-order chi connectivity index (χ0) is 15.4. The molecule has 0 aliphatic carbocycles. The summed E-state index contributed by atoms with van der Waals surface area (Å²) in [5.74, 6) is 1.45. The van der Waals surface area contributed by atoms with Gasteiger partial charge >= 0.3 is 5.69 Å². The van der Waals surface area contributed by atoms with Crippen molar-refractivity contribution in [2.45, 2.75) is 20.4 Å². The van der Waals surface area contributed by atoms with Crippen LogP contribution in [0.4, 0.5) is 11.6 Å². The number of nitrogens with one attached hydrogen (secondary N) is 1. The summed E-state index contributed by atoms with van der Waals surface area (Å²) in [6, 6.07) is 4.75. The van der Waals surface area contributed by atoms with Crippen molar-refractivity contribution in [3.63, 3.8) is 0 Å². The molecule has 21 heavy (non-hydrogen) atoms. The van der Waals surface area contributed by atoms with E-state index in [2.05, 4.69) is 15.5 Å². The number of nitrogens with zero attached hydrogens (tertiary/aromatic N) is 4. The number of rotatable bonds is 6. The monoisotopic (exact) mass is 291 g/mol. The van der Waals surface area contributed by atoms with Crippen LogP contribution in [0.2, 0.25) is 0 Å². The van der Waals surface area contributed by atoms with Crippen molar-refractivity contribution in [1.29, 1.82) is 0 Å². The fourth-order valence-corrected chi connectivity index (χ4v) is 2.08. The molecule has 8 nitrogen and oxygen atoms in total. The lowest BCUT2D eigenvalue weighted by Gasteiger charge is -2.08. The average molecular weight is 291 g/mol. The van der Waals surface area contributed by atoms with Crippen molar-refractivity contribution >= 4 is 11.6 Å². The number of ether oxygens (including phenoxy) is 1. The molecule has 0 unspecified atom stereocenters. The van der Waals surface area contributed by atoms with Crippen LogP contribution < -0.4 is 10.1 Å². The van der Waals surface area contributed by atoms with Crippen molar-refractivity contribution in [3.8, 4) is 17.1 Å². The van der Waals surface area contributed by atoms with Crippen molar-refractivity contribution in [2.24, 2.45) is 0 Å². The van der Waals surface area contributed by atoms with E-state index in [9.17, 15) is 10.1 Å². The number of nitro groups is 1. The number of aromatic nitrogens is 3. The number of hydrogen-bond acceptors (Lipinski definition) is 6.